The maximum Gasteiger partial charge on any atom is 0.122 e. The highest BCUT2D eigenvalue weighted by atomic mass is 16.5. The molecule has 0 atom stereocenters. The van der Waals surface area contributed by atoms with Crippen LogP contribution in [0.15, 0.2) is 23.3 Å². The number of rotatable bonds is 4. The van der Waals surface area contributed by atoms with Crippen molar-refractivity contribution in [2.45, 2.75) is 6.54 Å². The van der Waals surface area contributed by atoms with Gasteiger partial charge in [-0.15, -0.1) is 0 Å². The van der Waals surface area contributed by atoms with Gasteiger partial charge in [-0.25, -0.2) is 0 Å². The lowest BCUT2D eigenvalue weighted by atomic mass is 10.2. The fourth-order valence-corrected chi connectivity index (χ4v) is 1.07. The molecule has 0 aliphatic rings. The maximum absolute atomic E-state index is 8.18. The molecule has 0 N–H and O–H groups in total. The zero-order chi connectivity index (χ0) is 10.4. The number of benzene rings is 1. The molecular weight excluding hydrogens is 182 g/mol. The molecule has 0 fully saturated rings. The van der Waals surface area contributed by atoms with Gasteiger partial charge in [-0.1, -0.05) is 5.11 Å². The summed E-state index contributed by atoms with van der Waals surface area (Å²) in [6.07, 6.45) is 0. The highest BCUT2D eigenvalue weighted by Gasteiger charge is 2.00. The normalized spacial score (nSPS) is 9.00. The molecule has 0 saturated carbocycles. The molecule has 0 saturated heterocycles. The Morgan fingerprint density at radius 1 is 1.21 bits per heavy atom. The van der Waals surface area contributed by atoms with Gasteiger partial charge >= 0.3 is 0 Å². The molecule has 5 nitrogen and oxygen atoms in total. The van der Waals surface area contributed by atoms with Crippen LogP contribution in [0, 0.1) is 0 Å². The van der Waals surface area contributed by atoms with Crippen molar-refractivity contribution in [3.63, 3.8) is 0 Å². The van der Waals surface area contributed by atoms with Gasteiger partial charge in [0.05, 0.1) is 20.8 Å². The monoisotopic (exact) mass is 193 g/mol. The van der Waals surface area contributed by atoms with Crippen LogP contribution < -0.4 is 9.47 Å². The van der Waals surface area contributed by atoms with E-state index in [1.807, 2.05) is 0 Å². The Bertz CT molecular complexity index is 337. The van der Waals surface area contributed by atoms with Crippen LogP contribution in [0.2, 0.25) is 0 Å². The first-order valence-electron chi connectivity index (χ1n) is 4.03. The van der Waals surface area contributed by atoms with Gasteiger partial charge in [-0.05, 0) is 23.2 Å². The van der Waals surface area contributed by atoms with Gasteiger partial charge in [-0.2, -0.15) is 0 Å². The van der Waals surface area contributed by atoms with Crippen LogP contribution in [0.25, 0.3) is 10.4 Å². The minimum atomic E-state index is 0.296. The summed E-state index contributed by atoms with van der Waals surface area (Å²) in [6, 6.07) is 5.37. The van der Waals surface area contributed by atoms with Gasteiger partial charge in [-0.3, -0.25) is 0 Å². The Morgan fingerprint density at radius 2 is 1.79 bits per heavy atom. The first-order chi connectivity index (χ1) is 6.80. The van der Waals surface area contributed by atoms with E-state index in [0.717, 1.165) is 5.56 Å². The van der Waals surface area contributed by atoms with E-state index in [1.165, 1.54) is 0 Å². The molecule has 1 rings (SSSR count). The Hall–Kier alpha value is -1.87. The lowest BCUT2D eigenvalue weighted by Gasteiger charge is -2.06. The van der Waals surface area contributed by atoms with Crippen LogP contribution in [0.1, 0.15) is 5.56 Å². The van der Waals surface area contributed by atoms with Gasteiger partial charge in [0.15, 0.2) is 0 Å². The Labute approximate surface area is 81.9 Å². The van der Waals surface area contributed by atoms with Crippen LogP contribution >= 0.6 is 0 Å². The van der Waals surface area contributed by atoms with Crippen molar-refractivity contribution in [2.75, 3.05) is 14.2 Å². The lowest BCUT2D eigenvalue weighted by molar-refractivity contribution is 0.393. The van der Waals surface area contributed by atoms with Gasteiger partial charge in [0, 0.05) is 11.0 Å². The molecule has 1 aromatic rings. The zero-order valence-electron chi connectivity index (χ0n) is 8.10. The van der Waals surface area contributed by atoms with E-state index < -0.39 is 0 Å². The summed E-state index contributed by atoms with van der Waals surface area (Å²) in [4.78, 5) is 2.69. The number of hydrogen-bond acceptors (Lipinski definition) is 3. The van der Waals surface area contributed by atoms with Crippen LogP contribution in [-0.2, 0) is 6.54 Å². The number of ether oxygens (including phenoxy) is 2. The molecule has 0 aliphatic heterocycles. The molecule has 0 radical (unpaired) electrons. The Balaban J connectivity index is 2.97. The van der Waals surface area contributed by atoms with Gasteiger partial charge in [0.1, 0.15) is 11.5 Å². The van der Waals surface area contributed by atoms with E-state index in [4.69, 9.17) is 15.0 Å². The number of azide groups is 1. The fourth-order valence-electron chi connectivity index (χ4n) is 1.07. The first kappa shape index (κ1) is 10.2. The minimum absolute atomic E-state index is 0.296. The summed E-state index contributed by atoms with van der Waals surface area (Å²) in [5, 5.41) is 3.46. The second kappa shape index (κ2) is 4.99. The third-order valence-electron chi connectivity index (χ3n) is 1.73. The van der Waals surface area contributed by atoms with E-state index in [-0.39, 0.29) is 0 Å². The van der Waals surface area contributed by atoms with Gasteiger partial charge in [0.25, 0.3) is 0 Å². The summed E-state index contributed by atoms with van der Waals surface area (Å²) in [6.45, 7) is 0.296. The number of nitrogens with zero attached hydrogens (tertiary/aromatic N) is 3. The number of hydrogen-bond donors (Lipinski definition) is 0. The largest absolute Gasteiger partial charge is 0.497 e. The molecule has 0 amide bonds. The van der Waals surface area contributed by atoms with Crippen LogP contribution in [0.5, 0.6) is 11.5 Å². The van der Waals surface area contributed by atoms with Crippen LogP contribution in [-0.4, -0.2) is 14.2 Å². The van der Waals surface area contributed by atoms with Crippen molar-refractivity contribution in [3.8, 4) is 11.5 Å². The SMILES string of the molecule is COc1cc(CN=[N+]=[N-])cc(OC)c1. The van der Waals surface area contributed by atoms with E-state index >= 15 is 0 Å². The average Bonchev–Trinajstić information content (AvgIpc) is 2.25. The Morgan fingerprint density at radius 3 is 2.21 bits per heavy atom. The average molecular weight is 193 g/mol. The van der Waals surface area contributed by atoms with Crippen molar-refractivity contribution in [1.82, 2.24) is 0 Å². The fraction of sp³-hybridized carbons (Fsp3) is 0.333. The molecule has 1 aromatic carbocycles. The molecule has 0 bridgehead atoms. The highest BCUT2D eigenvalue weighted by Crippen LogP contribution is 2.22. The zero-order valence-corrected chi connectivity index (χ0v) is 8.10. The third kappa shape index (κ3) is 2.57. The summed E-state index contributed by atoms with van der Waals surface area (Å²) in [5.74, 6) is 1.37. The first-order valence-corrected chi connectivity index (χ1v) is 4.03. The summed E-state index contributed by atoms with van der Waals surface area (Å²) in [5.41, 5.74) is 9.04. The van der Waals surface area contributed by atoms with Gasteiger partial charge < -0.3 is 9.47 Å². The molecule has 5 heteroatoms. The standard InChI is InChI=1S/C9H11N3O2/c1-13-8-3-7(6-11-12-10)4-9(5-8)14-2/h3-5H,6H2,1-2H3. The summed E-state index contributed by atoms with van der Waals surface area (Å²) >= 11 is 0. The summed E-state index contributed by atoms with van der Waals surface area (Å²) in [7, 11) is 3.15. The smallest absolute Gasteiger partial charge is 0.122 e. The lowest BCUT2D eigenvalue weighted by Crippen LogP contribution is -1.90. The van der Waals surface area contributed by atoms with Crippen molar-refractivity contribution in [3.05, 3.63) is 34.2 Å². The van der Waals surface area contributed by atoms with Crippen molar-refractivity contribution < 1.29 is 9.47 Å². The quantitative estimate of drug-likeness (QED) is 0.419. The molecule has 0 aromatic heterocycles. The van der Waals surface area contributed by atoms with Crippen LogP contribution in [0.3, 0.4) is 0 Å². The van der Waals surface area contributed by atoms with Gasteiger partial charge in [0.2, 0.25) is 0 Å². The summed E-state index contributed by atoms with van der Waals surface area (Å²) < 4.78 is 10.1. The third-order valence-corrected chi connectivity index (χ3v) is 1.73. The highest BCUT2D eigenvalue weighted by molar-refractivity contribution is 5.38. The second-order valence-electron chi connectivity index (χ2n) is 2.61. The molecule has 0 unspecified atom stereocenters. The van der Waals surface area contributed by atoms with Crippen molar-refractivity contribution >= 4 is 0 Å². The molecule has 14 heavy (non-hydrogen) atoms. The van der Waals surface area contributed by atoms with E-state index in [0.29, 0.717) is 18.0 Å². The maximum atomic E-state index is 8.18. The van der Waals surface area contributed by atoms with E-state index in [2.05, 4.69) is 10.0 Å². The minimum Gasteiger partial charge on any atom is -0.497 e. The molecule has 0 aliphatic carbocycles. The van der Waals surface area contributed by atoms with Crippen molar-refractivity contribution in [1.29, 1.82) is 0 Å². The number of methoxy groups -OCH3 is 2. The van der Waals surface area contributed by atoms with Crippen LogP contribution in [0.4, 0.5) is 0 Å². The molecule has 0 spiro atoms. The molecule has 0 heterocycles. The molecule has 74 valence electrons. The predicted octanol–water partition coefficient (Wildman–Crippen LogP) is 2.51. The molecular formula is C9H11N3O2. The second-order valence-corrected chi connectivity index (χ2v) is 2.61. The topological polar surface area (TPSA) is 67.2 Å². The van der Waals surface area contributed by atoms with E-state index in [1.54, 1.807) is 32.4 Å². The predicted molar refractivity (Wildman–Crippen MR) is 52.4 cm³/mol. The van der Waals surface area contributed by atoms with Crippen molar-refractivity contribution in [2.24, 2.45) is 5.11 Å². The Kier molecular flexibility index (Phi) is 3.64. The van der Waals surface area contributed by atoms with E-state index in [9.17, 15) is 0 Å².